The van der Waals surface area contributed by atoms with Crippen LogP contribution in [0.5, 0.6) is 0 Å². The van der Waals surface area contributed by atoms with Crippen molar-refractivity contribution in [1.29, 1.82) is 0 Å². The summed E-state index contributed by atoms with van der Waals surface area (Å²) in [4.78, 5) is -0.213. The summed E-state index contributed by atoms with van der Waals surface area (Å²) < 4.78 is 59.7. The molecular weight excluding hydrogens is 578 g/mol. The molecule has 0 aromatic heterocycles. The number of hydrogen-bond donors (Lipinski definition) is 2. The topological polar surface area (TPSA) is 167 Å². The van der Waals surface area contributed by atoms with Gasteiger partial charge in [-0.25, -0.2) is 0 Å². The molecule has 0 saturated carbocycles. The van der Waals surface area contributed by atoms with Gasteiger partial charge in [-0.1, -0.05) is 48.5 Å². The first-order valence-corrected chi connectivity index (χ1v) is 14.7. The van der Waals surface area contributed by atoms with Crippen LogP contribution in [0.1, 0.15) is 5.56 Å². The average Bonchev–Trinajstić information content (AvgIpc) is 2.96. The molecule has 0 bridgehead atoms. The quantitative estimate of drug-likeness (QED) is 0.141. The van der Waals surface area contributed by atoms with Crippen LogP contribution in [0.2, 0.25) is 0 Å². The van der Waals surface area contributed by atoms with Gasteiger partial charge in [0.2, 0.25) is 0 Å². The summed E-state index contributed by atoms with van der Waals surface area (Å²) in [5.74, 6) is 0. The fourth-order valence-electron chi connectivity index (χ4n) is 3.97. The molecule has 0 radical (unpaired) electrons. The predicted octanol–water partition coefficient (Wildman–Crippen LogP) is 7.97. The lowest BCUT2D eigenvalue weighted by Gasteiger charge is -2.13. The molecule has 0 heterocycles. The van der Waals surface area contributed by atoms with E-state index in [0.717, 1.165) is 16.9 Å². The summed E-state index contributed by atoms with van der Waals surface area (Å²) in [7, 11) is -7.61. The van der Waals surface area contributed by atoms with Gasteiger partial charge in [0.05, 0.1) is 22.7 Å². The van der Waals surface area contributed by atoms with Gasteiger partial charge in [-0.05, 0) is 73.2 Å². The molecule has 0 saturated heterocycles. The summed E-state index contributed by atoms with van der Waals surface area (Å²) in [6.07, 6.45) is 0. The normalized spacial score (nSPS) is 11.4. The first-order chi connectivity index (χ1) is 20.1. The fourth-order valence-corrected chi connectivity index (χ4v) is 4.70. The smallest absolute Gasteiger partial charge is 0.355 e. The summed E-state index contributed by atoms with van der Waals surface area (Å²) in [6, 6.07) is 32.4. The lowest BCUT2D eigenvalue weighted by atomic mass is 10.1. The zero-order valence-corrected chi connectivity index (χ0v) is 23.6. The molecular formula is C29H23N5O6S2. The highest BCUT2D eigenvalue weighted by molar-refractivity contribution is 7.86. The minimum absolute atomic E-state index is 0.213. The van der Waals surface area contributed by atoms with Crippen molar-refractivity contribution < 1.29 is 25.6 Å². The number of para-hydroxylation sites is 1. The van der Waals surface area contributed by atoms with Crippen molar-refractivity contribution in [3.63, 3.8) is 0 Å². The Kier molecular flexibility index (Phi) is 9.60. The van der Waals surface area contributed by atoms with Gasteiger partial charge in [0.1, 0.15) is 4.90 Å². The second-order valence-corrected chi connectivity index (χ2v) is 10.5. The fraction of sp³-hybridized carbons (Fsp3) is 0.0345. The molecule has 13 heteroatoms. The van der Waals surface area contributed by atoms with E-state index < -0.39 is 20.7 Å². The van der Waals surface area contributed by atoms with E-state index in [1.54, 1.807) is 30.3 Å². The van der Waals surface area contributed by atoms with Crippen molar-refractivity contribution in [1.82, 2.24) is 0 Å². The Bertz CT molecular complexity index is 2000. The molecule has 42 heavy (non-hydrogen) atoms. The van der Waals surface area contributed by atoms with Crippen LogP contribution in [0, 0.1) is 6.92 Å². The van der Waals surface area contributed by atoms with Crippen LogP contribution in [-0.2, 0) is 20.7 Å². The van der Waals surface area contributed by atoms with Crippen LogP contribution in [0.15, 0.2) is 135 Å². The van der Waals surface area contributed by atoms with Crippen molar-refractivity contribution in [2.24, 2.45) is 20.5 Å². The SMILES string of the molecule is Cc1cc(N=Nc2ccc(Nc3ccccc3)c3c(S(=O)(=O)O)cccc23)ccc1N=Nc1ccccc1.O=S(=O)=O. The van der Waals surface area contributed by atoms with Gasteiger partial charge in [0.15, 0.2) is 0 Å². The molecule has 0 fully saturated rings. The summed E-state index contributed by atoms with van der Waals surface area (Å²) in [5, 5.41) is 21.4. The lowest BCUT2D eigenvalue weighted by molar-refractivity contribution is 0.484. The van der Waals surface area contributed by atoms with E-state index in [0.29, 0.717) is 33.5 Å². The highest BCUT2D eigenvalue weighted by Gasteiger charge is 2.18. The number of fused-ring (bicyclic) bond motifs is 1. The maximum atomic E-state index is 12.2. The van der Waals surface area contributed by atoms with Crippen LogP contribution in [0.25, 0.3) is 10.8 Å². The summed E-state index contributed by atoms with van der Waals surface area (Å²) in [6.45, 7) is 1.91. The van der Waals surface area contributed by atoms with Crippen LogP contribution in [0.4, 0.5) is 34.1 Å². The molecule has 5 aromatic carbocycles. The molecule has 0 aliphatic heterocycles. The first-order valence-electron chi connectivity index (χ1n) is 12.2. The molecule has 0 spiro atoms. The van der Waals surface area contributed by atoms with Crippen molar-refractivity contribution in [3.8, 4) is 0 Å². The first kappa shape index (κ1) is 29.9. The lowest BCUT2D eigenvalue weighted by Crippen LogP contribution is -2.01. The molecule has 0 aliphatic rings. The number of aryl methyl sites for hydroxylation is 1. The van der Waals surface area contributed by atoms with Crippen molar-refractivity contribution >= 4 is 65.6 Å². The van der Waals surface area contributed by atoms with E-state index in [-0.39, 0.29) is 4.90 Å². The molecule has 2 N–H and O–H groups in total. The van der Waals surface area contributed by atoms with Crippen molar-refractivity contribution in [2.75, 3.05) is 5.32 Å². The third-order valence-electron chi connectivity index (χ3n) is 5.79. The largest absolute Gasteiger partial charge is 0.425 e. The highest BCUT2D eigenvalue weighted by atomic mass is 32.2. The molecule has 212 valence electrons. The minimum atomic E-state index is -4.50. The second kappa shape index (κ2) is 13.5. The van der Waals surface area contributed by atoms with E-state index in [1.807, 2.05) is 79.7 Å². The van der Waals surface area contributed by atoms with Crippen LogP contribution in [-0.4, -0.2) is 25.6 Å². The average molecular weight is 602 g/mol. The van der Waals surface area contributed by atoms with Gasteiger partial charge < -0.3 is 5.32 Å². The van der Waals surface area contributed by atoms with Gasteiger partial charge in [-0.15, -0.1) is 17.7 Å². The Hall–Kier alpha value is -5.11. The van der Waals surface area contributed by atoms with E-state index in [1.165, 1.54) is 6.07 Å². The Morgan fingerprint density at radius 2 is 1.26 bits per heavy atom. The predicted molar refractivity (Wildman–Crippen MR) is 159 cm³/mol. The van der Waals surface area contributed by atoms with Crippen molar-refractivity contribution in [2.45, 2.75) is 11.8 Å². The monoisotopic (exact) mass is 601 g/mol. The Labute approximate surface area is 243 Å². The number of rotatable bonds is 7. The molecule has 0 atom stereocenters. The summed E-state index contributed by atoms with van der Waals surface area (Å²) >= 11 is 0. The van der Waals surface area contributed by atoms with E-state index >= 15 is 0 Å². The zero-order valence-electron chi connectivity index (χ0n) is 22.0. The van der Waals surface area contributed by atoms with Gasteiger partial charge in [0, 0.05) is 22.1 Å². The minimum Gasteiger partial charge on any atom is -0.355 e. The third kappa shape index (κ3) is 7.97. The Morgan fingerprint density at radius 3 is 1.90 bits per heavy atom. The summed E-state index contributed by atoms with van der Waals surface area (Å²) in [5.41, 5.74) is 4.70. The number of benzene rings is 5. The maximum Gasteiger partial charge on any atom is 0.425 e. The number of azo groups is 2. The number of hydrogen-bond acceptors (Lipinski definition) is 10. The number of nitrogens with zero attached hydrogens (tertiary/aromatic N) is 4. The van der Waals surface area contributed by atoms with E-state index in [9.17, 15) is 13.0 Å². The maximum absolute atomic E-state index is 12.2. The van der Waals surface area contributed by atoms with Crippen LogP contribution in [0.3, 0.4) is 0 Å². The van der Waals surface area contributed by atoms with Gasteiger partial charge in [-0.2, -0.15) is 23.8 Å². The standard InChI is InChI=1S/C29H23N5O3S.O3S/c1-20-19-23(15-16-25(20)33-31-22-11-6-3-7-12-22)32-34-26-17-18-27(30-21-9-4-2-5-10-21)29-24(26)13-8-14-28(29)38(35,36)37;1-4(2)3/h2-19,30H,1H3,(H,35,36,37);. The molecule has 0 amide bonds. The van der Waals surface area contributed by atoms with E-state index in [2.05, 4.69) is 25.8 Å². The molecule has 0 unspecified atom stereocenters. The van der Waals surface area contributed by atoms with Crippen molar-refractivity contribution in [3.05, 3.63) is 115 Å². The molecule has 11 nitrogen and oxygen atoms in total. The van der Waals surface area contributed by atoms with Gasteiger partial charge >= 0.3 is 10.6 Å². The Morgan fingerprint density at radius 1 is 0.667 bits per heavy atom. The Balaban J connectivity index is 0.000000952. The highest BCUT2D eigenvalue weighted by Crippen LogP contribution is 2.38. The molecule has 5 rings (SSSR count). The second-order valence-electron chi connectivity index (χ2n) is 8.69. The van der Waals surface area contributed by atoms with Gasteiger partial charge in [-0.3, -0.25) is 4.55 Å². The van der Waals surface area contributed by atoms with Crippen LogP contribution >= 0.6 is 0 Å². The molecule has 5 aromatic rings. The van der Waals surface area contributed by atoms with E-state index in [4.69, 9.17) is 12.6 Å². The number of anilines is 2. The number of nitrogens with one attached hydrogen (secondary N) is 1. The molecule has 0 aliphatic carbocycles. The van der Waals surface area contributed by atoms with Gasteiger partial charge in [0.25, 0.3) is 10.1 Å². The third-order valence-corrected chi connectivity index (χ3v) is 6.69. The zero-order chi connectivity index (χ0) is 30.1. The van der Waals surface area contributed by atoms with Crippen LogP contribution < -0.4 is 5.32 Å².